The molecule has 0 spiro atoms. The Balaban J connectivity index is 1.41. The molecule has 4 rings (SSSR count). The minimum Gasteiger partial charge on any atom is -0.381 e. The predicted molar refractivity (Wildman–Crippen MR) is 103 cm³/mol. The average Bonchev–Trinajstić information content (AvgIpc) is 3.29. The maximum absolute atomic E-state index is 12.9. The van der Waals surface area contributed by atoms with Crippen LogP contribution in [-0.4, -0.2) is 41.7 Å². The molecule has 1 saturated heterocycles. The van der Waals surface area contributed by atoms with Crippen LogP contribution < -0.4 is 5.32 Å². The zero-order valence-corrected chi connectivity index (χ0v) is 15.9. The van der Waals surface area contributed by atoms with E-state index in [4.69, 9.17) is 4.74 Å². The fraction of sp³-hybridized carbons (Fsp3) is 0.550. The molecule has 0 bridgehead atoms. The summed E-state index contributed by atoms with van der Waals surface area (Å²) >= 11 is 1.73. The number of carbonyl (C=O) groups excluding carboxylic acids is 1. The Morgan fingerprint density at radius 1 is 1.27 bits per heavy atom. The molecular weight excluding hydrogens is 346 g/mol. The van der Waals surface area contributed by atoms with Gasteiger partial charge in [-0.1, -0.05) is 0 Å². The van der Waals surface area contributed by atoms with Gasteiger partial charge in [0, 0.05) is 57.8 Å². The van der Waals surface area contributed by atoms with E-state index in [1.54, 1.807) is 11.3 Å². The van der Waals surface area contributed by atoms with Gasteiger partial charge in [-0.25, -0.2) is 0 Å². The van der Waals surface area contributed by atoms with Gasteiger partial charge in [0.2, 0.25) is 5.91 Å². The molecule has 0 unspecified atom stereocenters. The lowest BCUT2D eigenvalue weighted by Gasteiger charge is -2.25. The molecule has 2 aliphatic heterocycles. The van der Waals surface area contributed by atoms with Crippen molar-refractivity contribution in [2.75, 3.05) is 26.3 Å². The molecule has 140 valence electrons. The molecule has 1 N–H and O–H groups in total. The van der Waals surface area contributed by atoms with Gasteiger partial charge in [-0.05, 0) is 53.3 Å². The van der Waals surface area contributed by atoms with Gasteiger partial charge < -0.3 is 14.6 Å². The molecule has 2 aliphatic rings. The van der Waals surface area contributed by atoms with Crippen LogP contribution >= 0.6 is 11.3 Å². The first kappa shape index (κ1) is 17.8. The summed E-state index contributed by atoms with van der Waals surface area (Å²) in [5.41, 5.74) is 2.62. The van der Waals surface area contributed by atoms with Crippen LogP contribution in [0.4, 0.5) is 0 Å². The number of ether oxygens (including phenoxy) is 1. The highest BCUT2D eigenvalue weighted by atomic mass is 32.1. The number of thiophene rings is 1. The molecule has 0 radical (unpaired) electrons. The van der Waals surface area contributed by atoms with Crippen molar-refractivity contribution in [3.63, 3.8) is 0 Å². The minimum atomic E-state index is -0.0119. The van der Waals surface area contributed by atoms with Gasteiger partial charge in [0.25, 0.3) is 0 Å². The third-order valence-corrected chi connectivity index (χ3v) is 6.20. The molecule has 2 aromatic heterocycles. The predicted octanol–water partition coefficient (Wildman–Crippen LogP) is 2.72. The quantitative estimate of drug-likeness (QED) is 0.877. The van der Waals surface area contributed by atoms with Gasteiger partial charge in [-0.2, -0.15) is 11.3 Å². The standard InChI is InChI=1S/C20H27N3O2S/c24-20(21-10-16-3-7-25-8-4-16)18-12-22(11-17-5-9-26-15-17)14-19-2-1-6-23(19)13-18/h1-2,5-6,9,15-16,18H,3-4,7-8,10-14H2,(H,21,24)/t18-/m1/s1. The Labute approximate surface area is 159 Å². The number of aromatic nitrogens is 1. The molecule has 4 heterocycles. The lowest BCUT2D eigenvalue weighted by Crippen LogP contribution is -2.41. The molecule has 6 heteroatoms. The van der Waals surface area contributed by atoms with E-state index in [0.29, 0.717) is 5.92 Å². The zero-order valence-electron chi connectivity index (χ0n) is 15.1. The number of fused-ring (bicyclic) bond motifs is 1. The van der Waals surface area contributed by atoms with E-state index in [1.807, 2.05) is 0 Å². The van der Waals surface area contributed by atoms with Crippen molar-refractivity contribution in [3.8, 4) is 0 Å². The number of amides is 1. The number of nitrogens with zero attached hydrogens (tertiary/aromatic N) is 2. The lowest BCUT2D eigenvalue weighted by molar-refractivity contribution is -0.126. The van der Waals surface area contributed by atoms with Crippen molar-refractivity contribution >= 4 is 17.2 Å². The van der Waals surface area contributed by atoms with E-state index in [2.05, 4.69) is 49.9 Å². The smallest absolute Gasteiger partial charge is 0.226 e. The van der Waals surface area contributed by atoms with Crippen LogP contribution in [0.25, 0.3) is 0 Å². The number of carbonyl (C=O) groups is 1. The van der Waals surface area contributed by atoms with Crippen LogP contribution in [0.5, 0.6) is 0 Å². The molecule has 26 heavy (non-hydrogen) atoms. The van der Waals surface area contributed by atoms with Gasteiger partial charge in [0.15, 0.2) is 0 Å². The number of rotatable bonds is 5. The summed E-state index contributed by atoms with van der Waals surface area (Å²) in [5.74, 6) is 0.734. The summed E-state index contributed by atoms with van der Waals surface area (Å²) < 4.78 is 7.65. The van der Waals surface area contributed by atoms with E-state index >= 15 is 0 Å². The summed E-state index contributed by atoms with van der Waals surface area (Å²) in [6.45, 7) is 5.79. The van der Waals surface area contributed by atoms with Crippen molar-refractivity contribution in [2.45, 2.75) is 32.5 Å². The van der Waals surface area contributed by atoms with Crippen molar-refractivity contribution in [1.29, 1.82) is 0 Å². The van der Waals surface area contributed by atoms with Crippen LogP contribution in [0.15, 0.2) is 35.2 Å². The monoisotopic (exact) mass is 373 g/mol. The molecule has 5 nitrogen and oxygen atoms in total. The molecule has 1 fully saturated rings. The van der Waals surface area contributed by atoms with Gasteiger partial charge in [-0.15, -0.1) is 0 Å². The number of nitrogens with one attached hydrogen (secondary N) is 1. The van der Waals surface area contributed by atoms with Gasteiger partial charge in [-0.3, -0.25) is 9.69 Å². The Hall–Kier alpha value is -1.63. The summed E-state index contributed by atoms with van der Waals surface area (Å²) in [7, 11) is 0. The van der Waals surface area contributed by atoms with Crippen LogP contribution in [0.2, 0.25) is 0 Å². The zero-order chi connectivity index (χ0) is 17.8. The maximum atomic E-state index is 12.9. The van der Waals surface area contributed by atoms with Crippen molar-refractivity contribution in [2.24, 2.45) is 11.8 Å². The minimum absolute atomic E-state index is 0.0119. The van der Waals surface area contributed by atoms with Crippen LogP contribution in [0, 0.1) is 11.8 Å². The van der Waals surface area contributed by atoms with Gasteiger partial charge in [0.1, 0.15) is 0 Å². The highest BCUT2D eigenvalue weighted by Gasteiger charge is 2.27. The lowest BCUT2D eigenvalue weighted by atomic mass is 10.00. The summed E-state index contributed by atoms with van der Waals surface area (Å²) in [4.78, 5) is 15.3. The van der Waals surface area contributed by atoms with E-state index in [0.717, 1.165) is 58.8 Å². The number of hydrogen-bond donors (Lipinski definition) is 1. The van der Waals surface area contributed by atoms with E-state index in [9.17, 15) is 4.79 Å². The van der Waals surface area contributed by atoms with Crippen molar-refractivity contribution in [1.82, 2.24) is 14.8 Å². The van der Waals surface area contributed by atoms with E-state index in [1.165, 1.54) is 11.3 Å². The first-order valence-corrected chi connectivity index (χ1v) is 10.4. The highest BCUT2D eigenvalue weighted by Crippen LogP contribution is 2.21. The summed E-state index contributed by atoms with van der Waals surface area (Å²) in [6, 6.07) is 6.43. The first-order valence-electron chi connectivity index (χ1n) is 9.51. The molecule has 0 saturated carbocycles. The second-order valence-corrected chi connectivity index (χ2v) is 8.23. The van der Waals surface area contributed by atoms with E-state index < -0.39 is 0 Å². The summed E-state index contributed by atoms with van der Waals surface area (Å²) in [5, 5.41) is 7.54. The second-order valence-electron chi connectivity index (χ2n) is 7.45. The number of hydrogen-bond acceptors (Lipinski definition) is 4. The molecule has 1 amide bonds. The summed E-state index contributed by atoms with van der Waals surface area (Å²) in [6.07, 6.45) is 4.20. The molecular formula is C20H27N3O2S. The fourth-order valence-electron chi connectivity index (χ4n) is 3.94. The topological polar surface area (TPSA) is 46.5 Å². The fourth-order valence-corrected chi connectivity index (χ4v) is 4.60. The van der Waals surface area contributed by atoms with Crippen molar-refractivity contribution < 1.29 is 9.53 Å². The SMILES string of the molecule is O=C(NCC1CCOCC1)[C@@H]1CN(Cc2ccsc2)Cc2cccn2C1. The van der Waals surface area contributed by atoms with Gasteiger partial charge in [0.05, 0.1) is 5.92 Å². The Kier molecular flexibility index (Phi) is 5.72. The third kappa shape index (κ3) is 4.37. The molecule has 0 aromatic carbocycles. The normalized spacial score (nSPS) is 21.9. The molecule has 1 atom stereocenters. The second kappa shape index (κ2) is 8.37. The Morgan fingerprint density at radius 2 is 2.15 bits per heavy atom. The largest absolute Gasteiger partial charge is 0.381 e. The average molecular weight is 374 g/mol. The molecule has 0 aliphatic carbocycles. The Bertz CT molecular complexity index is 706. The van der Waals surface area contributed by atoms with Gasteiger partial charge >= 0.3 is 0 Å². The maximum Gasteiger partial charge on any atom is 0.226 e. The van der Waals surface area contributed by atoms with E-state index in [-0.39, 0.29) is 11.8 Å². The third-order valence-electron chi connectivity index (χ3n) is 5.47. The van der Waals surface area contributed by atoms with Crippen molar-refractivity contribution in [3.05, 3.63) is 46.4 Å². The highest BCUT2D eigenvalue weighted by molar-refractivity contribution is 7.07. The molecule has 2 aromatic rings. The Morgan fingerprint density at radius 3 is 2.96 bits per heavy atom. The van der Waals surface area contributed by atoms with Crippen LogP contribution in [0.1, 0.15) is 24.1 Å². The van der Waals surface area contributed by atoms with Crippen LogP contribution in [0.3, 0.4) is 0 Å². The van der Waals surface area contributed by atoms with Crippen LogP contribution in [-0.2, 0) is 29.2 Å². The first-order chi connectivity index (χ1) is 12.8.